The number of carboxylic acid groups (broad SMARTS) is 1. The smallest absolute Gasteiger partial charge is 0.308 e. The Balaban J connectivity index is 2.01. The highest BCUT2D eigenvalue weighted by Crippen LogP contribution is 2.48. The van der Waals surface area contributed by atoms with E-state index in [1.165, 1.54) is 0 Å². The SMILES string of the molecule is Cc1cccc(C2(C(=O)NCC(CC(C)C)C(=O)O)CC2)c1. The Morgan fingerprint density at radius 3 is 2.50 bits per heavy atom. The van der Waals surface area contributed by atoms with Crippen molar-refractivity contribution in [3.63, 3.8) is 0 Å². The Morgan fingerprint density at radius 1 is 1.32 bits per heavy atom. The van der Waals surface area contributed by atoms with Gasteiger partial charge in [0.15, 0.2) is 0 Å². The lowest BCUT2D eigenvalue weighted by atomic mass is 9.92. The molecule has 0 spiro atoms. The molecule has 4 nitrogen and oxygen atoms in total. The van der Waals surface area contributed by atoms with E-state index < -0.39 is 17.3 Å². The van der Waals surface area contributed by atoms with E-state index in [1.54, 1.807) is 0 Å². The van der Waals surface area contributed by atoms with Crippen LogP contribution in [-0.2, 0) is 15.0 Å². The fourth-order valence-corrected chi connectivity index (χ4v) is 2.94. The third kappa shape index (κ3) is 3.67. The van der Waals surface area contributed by atoms with Gasteiger partial charge in [-0.2, -0.15) is 0 Å². The van der Waals surface area contributed by atoms with Crippen molar-refractivity contribution in [1.29, 1.82) is 0 Å². The fraction of sp³-hybridized carbons (Fsp3) is 0.556. The minimum absolute atomic E-state index is 0.0342. The summed E-state index contributed by atoms with van der Waals surface area (Å²) in [5, 5.41) is 12.1. The first-order chi connectivity index (χ1) is 10.3. The van der Waals surface area contributed by atoms with Gasteiger partial charge in [0, 0.05) is 6.54 Å². The Hall–Kier alpha value is -1.84. The van der Waals surface area contributed by atoms with Crippen molar-refractivity contribution >= 4 is 11.9 Å². The first-order valence-electron chi connectivity index (χ1n) is 7.93. The van der Waals surface area contributed by atoms with Crippen LogP contribution in [0.4, 0.5) is 0 Å². The van der Waals surface area contributed by atoms with Crippen LogP contribution in [0.2, 0.25) is 0 Å². The van der Waals surface area contributed by atoms with Gasteiger partial charge in [0.2, 0.25) is 5.91 Å². The molecule has 0 heterocycles. The van der Waals surface area contributed by atoms with Crippen molar-refractivity contribution in [1.82, 2.24) is 5.32 Å². The molecule has 1 aromatic rings. The number of carbonyl (C=O) groups excluding carboxylic acids is 1. The second kappa shape index (κ2) is 6.51. The summed E-state index contributed by atoms with van der Waals surface area (Å²) in [5.74, 6) is -1.09. The zero-order valence-corrected chi connectivity index (χ0v) is 13.6. The molecule has 120 valence electrons. The Kier molecular flexibility index (Phi) is 4.89. The molecule has 0 bridgehead atoms. The van der Waals surface area contributed by atoms with E-state index in [0.717, 1.165) is 24.0 Å². The molecule has 1 fully saturated rings. The number of hydrogen-bond donors (Lipinski definition) is 2. The number of carboxylic acids is 1. The summed E-state index contributed by atoms with van der Waals surface area (Å²) in [6, 6.07) is 8.02. The van der Waals surface area contributed by atoms with Crippen molar-refractivity contribution < 1.29 is 14.7 Å². The van der Waals surface area contributed by atoms with E-state index in [9.17, 15) is 14.7 Å². The summed E-state index contributed by atoms with van der Waals surface area (Å²) in [7, 11) is 0. The lowest BCUT2D eigenvalue weighted by Crippen LogP contribution is -2.39. The van der Waals surface area contributed by atoms with E-state index in [2.05, 4.69) is 11.4 Å². The molecule has 1 aliphatic rings. The molecule has 1 saturated carbocycles. The maximum Gasteiger partial charge on any atom is 0.308 e. The maximum absolute atomic E-state index is 12.5. The average molecular weight is 303 g/mol. The zero-order chi connectivity index (χ0) is 16.3. The Morgan fingerprint density at radius 2 is 2.00 bits per heavy atom. The number of hydrogen-bond acceptors (Lipinski definition) is 2. The molecule has 0 saturated heterocycles. The van der Waals surface area contributed by atoms with Crippen molar-refractivity contribution in [2.75, 3.05) is 6.54 Å². The fourth-order valence-electron chi connectivity index (χ4n) is 2.94. The molecule has 2 rings (SSSR count). The number of amides is 1. The summed E-state index contributed by atoms with van der Waals surface area (Å²) >= 11 is 0. The number of nitrogens with one attached hydrogen (secondary N) is 1. The molecular formula is C18H25NO3. The van der Waals surface area contributed by atoms with E-state index in [0.29, 0.717) is 12.3 Å². The predicted octanol–water partition coefficient (Wildman–Crippen LogP) is 2.89. The van der Waals surface area contributed by atoms with Crippen LogP contribution in [0.5, 0.6) is 0 Å². The van der Waals surface area contributed by atoms with Gasteiger partial charge in [0.1, 0.15) is 0 Å². The first-order valence-corrected chi connectivity index (χ1v) is 7.93. The molecule has 1 aliphatic carbocycles. The predicted molar refractivity (Wildman–Crippen MR) is 85.7 cm³/mol. The molecule has 22 heavy (non-hydrogen) atoms. The molecule has 1 aromatic carbocycles. The number of aryl methyl sites for hydroxylation is 1. The minimum Gasteiger partial charge on any atom is -0.481 e. The van der Waals surface area contributed by atoms with Crippen LogP contribution in [0.1, 0.15) is 44.2 Å². The summed E-state index contributed by atoms with van der Waals surface area (Å²) in [4.78, 5) is 23.8. The van der Waals surface area contributed by atoms with Gasteiger partial charge in [0.25, 0.3) is 0 Å². The van der Waals surface area contributed by atoms with Crippen LogP contribution in [0.25, 0.3) is 0 Å². The molecule has 0 aliphatic heterocycles. The van der Waals surface area contributed by atoms with Gasteiger partial charge in [-0.05, 0) is 37.7 Å². The van der Waals surface area contributed by atoms with Gasteiger partial charge in [-0.25, -0.2) is 0 Å². The molecule has 2 N–H and O–H groups in total. The third-order valence-electron chi connectivity index (χ3n) is 4.37. The minimum atomic E-state index is -0.839. The Labute approximate surface area is 131 Å². The second-order valence-corrected chi connectivity index (χ2v) is 6.83. The van der Waals surface area contributed by atoms with Crippen molar-refractivity contribution in [3.8, 4) is 0 Å². The van der Waals surface area contributed by atoms with Crippen molar-refractivity contribution in [2.45, 2.75) is 45.4 Å². The van der Waals surface area contributed by atoms with Crippen LogP contribution in [0.15, 0.2) is 24.3 Å². The molecule has 0 radical (unpaired) electrons. The largest absolute Gasteiger partial charge is 0.481 e. The van der Waals surface area contributed by atoms with E-state index in [-0.39, 0.29) is 12.5 Å². The van der Waals surface area contributed by atoms with Gasteiger partial charge >= 0.3 is 5.97 Å². The van der Waals surface area contributed by atoms with Gasteiger partial charge in [0.05, 0.1) is 11.3 Å². The lowest BCUT2D eigenvalue weighted by Gasteiger charge is -2.19. The number of carbonyl (C=O) groups is 2. The quantitative estimate of drug-likeness (QED) is 0.814. The van der Waals surface area contributed by atoms with Crippen LogP contribution in [0.3, 0.4) is 0 Å². The summed E-state index contributed by atoms with van der Waals surface area (Å²) in [6.45, 7) is 6.21. The van der Waals surface area contributed by atoms with Crippen molar-refractivity contribution in [2.24, 2.45) is 11.8 Å². The number of benzene rings is 1. The van der Waals surface area contributed by atoms with Gasteiger partial charge in [-0.1, -0.05) is 43.7 Å². The Bertz CT molecular complexity index is 561. The van der Waals surface area contributed by atoms with Crippen LogP contribution >= 0.6 is 0 Å². The van der Waals surface area contributed by atoms with E-state index in [1.807, 2.05) is 39.0 Å². The van der Waals surface area contributed by atoms with E-state index in [4.69, 9.17) is 0 Å². The highest BCUT2D eigenvalue weighted by Gasteiger charge is 2.51. The number of rotatable bonds is 7. The molecule has 1 amide bonds. The molecule has 4 heteroatoms. The molecule has 1 unspecified atom stereocenters. The van der Waals surface area contributed by atoms with Gasteiger partial charge in [-0.15, -0.1) is 0 Å². The van der Waals surface area contributed by atoms with Crippen LogP contribution < -0.4 is 5.32 Å². The molecule has 0 aromatic heterocycles. The lowest BCUT2D eigenvalue weighted by molar-refractivity contribution is -0.142. The first kappa shape index (κ1) is 16.5. The average Bonchev–Trinajstić information content (AvgIpc) is 3.24. The maximum atomic E-state index is 12.5. The van der Waals surface area contributed by atoms with E-state index >= 15 is 0 Å². The van der Waals surface area contributed by atoms with Gasteiger partial charge < -0.3 is 10.4 Å². The summed E-state index contributed by atoms with van der Waals surface area (Å²) < 4.78 is 0. The summed E-state index contributed by atoms with van der Waals surface area (Å²) in [6.07, 6.45) is 2.25. The van der Waals surface area contributed by atoms with Crippen LogP contribution in [-0.4, -0.2) is 23.5 Å². The zero-order valence-electron chi connectivity index (χ0n) is 13.6. The highest BCUT2D eigenvalue weighted by atomic mass is 16.4. The number of aliphatic carboxylic acids is 1. The van der Waals surface area contributed by atoms with Gasteiger partial charge in [-0.3, -0.25) is 9.59 Å². The monoisotopic (exact) mass is 303 g/mol. The normalized spacial score (nSPS) is 17.1. The van der Waals surface area contributed by atoms with Crippen molar-refractivity contribution in [3.05, 3.63) is 35.4 Å². The summed E-state index contributed by atoms with van der Waals surface area (Å²) in [5.41, 5.74) is 1.74. The second-order valence-electron chi connectivity index (χ2n) is 6.83. The third-order valence-corrected chi connectivity index (χ3v) is 4.37. The topological polar surface area (TPSA) is 66.4 Å². The highest BCUT2D eigenvalue weighted by molar-refractivity contribution is 5.91. The molecular weight excluding hydrogens is 278 g/mol. The molecule has 1 atom stereocenters. The van der Waals surface area contributed by atoms with Crippen LogP contribution in [0, 0.1) is 18.8 Å². The standard InChI is InChI=1S/C18H25NO3/c1-12(2)9-14(16(20)21)11-19-17(22)18(7-8-18)15-6-4-5-13(3)10-15/h4-6,10,12,14H,7-9,11H2,1-3H3,(H,19,22)(H,20,21).